The van der Waals surface area contributed by atoms with Crippen molar-refractivity contribution >= 4 is 52.7 Å². The molecule has 5 heterocycles. The second kappa shape index (κ2) is 20.0. The number of aromatic amines is 1. The van der Waals surface area contributed by atoms with Crippen LogP contribution < -0.4 is 41.4 Å². The molecule has 0 saturated carbocycles. The van der Waals surface area contributed by atoms with Crippen LogP contribution in [0.3, 0.4) is 0 Å². The third kappa shape index (κ3) is 10.7. The molecule has 0 radical (unpaired) electrons. The highest BCUT2D eigenvalue weighted by atomic mass is 31.3. The molecule has 374 valence electrons. The van der Waals surface area contributed by atoms with Crippen molar-refractivity contribution in [2.45, 2.75) is 64.1 Å². The van der Waals surface area contributed by atoms with Crippen LogP contribution in [0.5, 0.6) is 11.5 Å². The number of hydrogen-bond donors (Lipinski definition) is 9. The molecule has 8 rings (SSSR count). The summed E-state index contributed by atoms with van der Waals surface area (Å²) in [5.41, 5.74) is 2.78. The first-order valence-corrected chi connectivity index (χ1v) is 26.5. The molecule has 0 spiro atoms. The van der Waals surface area contributed by atoms with Crippen LogP contribution >= 0.6 is 23.5 Å². The molecule has 0 aliphatic carbocycles. The molecule has 27 heteroatoms. The zero-order valence-electron chi connectivity index (χ0n) is 37.4. The Balaban J connectivity index is 1.02. The van der Waals surface area contributed by atoms with Crippen LogP contribution in [0.15, 0.2) is 64.3 Å². The summed E-state index contributed by atoms with van der Waals surface area (Å²) in [6, 6.07) is 12.7. The number of hydrogen-bond acceptors (Lipinski definition) is 15. The number of aryl methyl sites for hydroxylation is 2. The summed E-state index contributed by atoms with van der Waals surface area (Å²) in [5.74, 6) is -0.723. The topological polar surface area (TPSA) is 346 Å². The normalized spacial score (nSPS) is 21.5. The third-order valence-corrected chi connectivity index (χ3v) is 16.0. The average Bonchev–Trinajstić information content (AvgIpc) is 3.57. The summed E-state index contributed by atoms with van der Waals surface area (Å²) in [6.45, 7) is 6.27. The maximum Gasteiger partial charge on any atom is 0.490 e. The first-order chi connectivity index (χ1) is 33.1. The van der Waals surface area contributed by atoms with E-state index in [9.17, 15) is 58.0 Å². The highest BCUT2D eigenvalue weighted by Crippen LogP contribution is 2.66. The van der Waals surface area contributed by atoms with Gasteiger partial charge in [-0.2, -0.15) is 8.62 Å². The van der Waals surface area contributed by atoms with E-state index in [0.717, 1.165) is 91.0 Å². The van der Waals surface area contributed by atoms with Crippen molar-refractivity contribution < 1.29 is 80.8 Å². The number of ether oxygens (including phenoxy) is 2. The van der Waals surface area contributed by atoms with Gasteiger partial charge in [0, 0.05) is 71.5 Å². The predicted molar refractivity (Wildman–Crippen MR) is 247 cm³/mol. The number of carboxylic acid groups (broad SMARTS) is 1. The lowest BCUT2D eigenvalue weighted by molar-refractivity contribution is -0.0542. The molecular formula is C43H49N5O19P3+. The van der Waals surface area contributed by atoms with Gasteiger partial charge in [0.25, 0.3) is 11.5 Å². The minimum absolute atomic E-state index is 0.0236. The quantitative estimate of drug-likeness (QED) is 0.0495. The van der Waals surface area contributed by atoms with Crippen molar-refractivity contribution in [2.24, 2.45) is 0 Å². The van der Waals surface area contributed by atoms with E-state index in [-0.39, 0.29) is 23.2 Å². The van der Waals surface area contributed by atoms with Gasteiger partial charge >= 0.3 is 35.1 Å². The van der Waals surface area contributed by atoms with Crippen molar-refractivity contribution in [1.29, 1.82) is 0 Å². The second-order valence-corrected chi connectivity index (χ2v) is 21.1. The van der Waals surface area contributed by atoms with E-state index >= 15 is 0 Å². The van der Waals surface area contributed by atoms with Gasteiger partial charge in [0.1, 0.15) is 42.9 Å². The molecule has 6 atom stereocenters. The number of nitrogens with zero attached hydrogens (tertiary/aromatic N) is 3. The highest BCUT2D eigenvalue weighted by molar-refractivity contribution is 7.66. The Kier molecular flexibility index (Phi) is 14.6. The van der Waals surface area contributed by atoms with Gasteiger partial charge in [0.05, 0.1) is 23.8 Å². The number of phosphoric ester groups is 1. The first kappa shape index (κ1) is 51.0. The Labute approximate surface area is 396 Å². The molecule has 1 saturated heterocycles. The molecule has 2 unspecified atom stereocenters. The van der Waals surface area contributed by atoms with Crippen LogP contribution in [0.2, 0.25) is 0 Å². The summed E-state index contributed by atoms with van der Waals surface area (Å²) in [7, 11) is -17.2. The number of carbonyl (C=O) groups is 2. The third-order valence-electron chi connectivity index (χ3n) is 12.2. The van der Waals surface area contributed by atoms with E-state index in [4.69, 9.17) is 19.3 Å². The van der Waals surface area contributed by atoms with Crippen molar-refractivity contribution in [1.82, 2.24) is 19.4 Å². The van der Waals surface area contributed by atoms with Crippen LogP contribution in [0, 0.1) is 0 Å². The molecule has 3 aromatic carbocycles. The van der Waals surface area contributed by atoms with E-state index < -0.39 is 77.7 Å². The fourth-order valence-electron chi connectivity index (χ4n) is 9.05. The van der Waals surface area contributed by atoms with Crippen LogP contribution in [-0.2, 0) is 44.4 Å². The molecular weight excluding hydrogens is 983 g/mol. The lowest BCUT2D eigenvalue weighted by Crippen LogP contribution is -2.39. The number of aromatic nitrogens is 2. The van der Waals surface area contributed by atoms with Crippen molar-refractivity contribution in [3.8, 4) is 11.5 Å². The Bertz CT molecular complexity index is 3220. The number of anilines is 1. The van der Waals surface area contributed by atoms with Crippen LogP contribution in [0.25, 0.3) is 11.6 Å². The summed E-state index contributed by atoms with van der Waals surface area (Å²) >= 11 is 0. The van der Waals surface area contributed by atoms with Gasteiger partial charge in [0.2, 0.25) is 5.36 Å². The molecule has 1 fully saturated rings. The van der Waals surface area contributed by atoms with Gasteiger partial charge in [-0.1, -0.05) is 18.2 Å². The number of nitrogens with one attached hydrogen (secondary N) is 2. The van der Waals surface area contributed by atoms with Crippen molar-refractivity contribution in [3.05, 3.63) is 125 Å². The smallest absolute Gasteiger partial charge is 0.478 e. The number of H-pyrrole nitrogens is 1. The number of carbonyl (C=O) groups excluding carboxylic acids is 1. The van der Waals surface area contributed by atoms with E-state index in [0.29, 0.717) is 27.2 Å². The van der Waals surface area contributed by atoms with E-state index in [1.165, 1.54) is 24.3 Å². The fourth-order valence-corrected chi connectivity index (χ4v) is 12.1. The standard InChI is InChI=1S/C43H48N5O19P3/c1-3-46-14-6-9-23-16-29-33(19-31(23)46)64-34-20-32-24(10-7-15-47(32)4-2)17-30(34)36(29)27-12-11-25(18-28(27)42(53)54)39(51)44-13-5-8-26-21-48(43(55)45-40(26)52)41-38(50)37(49)35(65-41)22-63-69(59,60)67-70(61,62)66-68(56,57)58/h5,8,11-12,16-21,35,37-38,41,49-50H,3-4,6-7,9-10,13-15,22H2,1-2H3,(H6-,44,45,51,52,53,54,55,56,57,58,59,60,61,62)/p+1/b8-5+/t35-,37-,38-,41-/m1/s1. The maximum atomic E-state index is 13.6. The Hall–Kier alpha value is -5.42. The molecule has 4 aliphatic heterocycles. The monoisotopic (exact) mass is 1030 g/mol. The second-order valence-electron chi connectivity index (χ2n) is 16.7. The molecule has 4 aliphatic rings. The van der Waals surface area contributed by atoms with Gasteiger partial charge < -0.3 is 54.6 Å². The lowest BCUT2D eigenvalue weighted by Gasteiger charge is -2.32. The van der Waals surface area contributed by atoms with Crippen LogP contribution in [0.4, 0.5) is 5.69 Å². The van der Waals surface area contributed by atoms with E-state index in [2.05, 4.69) is 53.9 Å². The van der Waals surface area contributed by atoms with Gasteiger partial charge in [-0.05, 0) is 68.5 Å². The number of aliphatic hydroxyl groups excluding tert-OH is 2. The summed E-state index contributed by atoms with van der Waals surface area (Å²) in [5, 5.41) is 36.4. The fraction of sp³-hybridized carbons (Fsp3) is 0.372. The Morgan fingerprint density at radius 1 is 0.929 bits per heavy atom. The lowest BCUT2D eigenvalue weighted by atomic mass is 9.86. The molecule has 1 aromatic heterocycles. The van der Waals surface area contributed by atoms with Crippen molar-refractivity contribution in [2.75, 3.05) is 44.2 Å². The number of rotatable bonds is 16. The molecule has 70 heavy (non-hydrogen) atoms. The van der Waals surface area contributed by atoms with E-state index in [1.807, 2.05) is 17.1 Å². The van der Waals surface area contributed by atoms with Crippen LogP contribution in [0.1, 0.15) is 81.5 Å². The largest absolute Gasteiger partial charge is 0.490 e. The number of aliphatic hydroxyl groups is 2. The maximum absolute atomic E-state index is 13.6. The number of fused-ring (bicyclic) bond motifs is 4. The number of phosphoric acid groups is 3. The zero-order chi connectivity index (χ0) is 50.4. The molecule has 24 nitrogen and oxygen atoms in total. The zero-order valence-corrected chi connectivity index (χ0v) is 40.1. The van der Waals surface area contributed by atoms with Crippen LogP contribution in [-0.4, -0.2) is 114 Å². The van der Waals surface area contributed by atoms with E-state index in [1.54, 1.807) is 6.07 Å². The Morgan fingerprint density at radius 2 is 1.69 bits per heavy atom. The van der Waals surface area contributed by atoms with Gasteiger partial charge in [0.15, 0.2) is 6.23 Å². The SMILES string of the molecule is CCN1CCCc2cc3c(cc21)Oc1cc2c(cc1=C3c1ccc(C(=O)NC/C=C/c3cn([C@@H]4O[C@H](COP(=O)(O)OP(=O)(O)OP(=O)(O)O)[C@@H](O)[C@H]4O)c(=O)[nH]c3=O)cc1C(=O)O)CCC[N+]=2CC. The van der Waals surface area contributed by atoms with Gasteiger partial charge in [-0.15, -0.1) is 0 Å². The summed E-state index contributed by atoms with van der Waals surface area (Å²) in [4.78, 5) is 93.1. The predicted octanol–water partition coefficient (Wildman–Crippen LogP) is 1.22. The number of amides is 1. The Morgan fingerprint density at radius 3 is 2.40 bits per heavy atom. The number of aromatic carboxylic acids is 1. The average molecular weight is 1030 g/mol. The molecule has 4 aromatic rings. The minimum atomic E-state index is -5.87. The van der Waals surface area contributed by atoms with Gasteiger partial charge in [-0.3, -0.25) is 23.7 Å². The molecule has 1 amide bonds. The minimum Gasteiger partial charge on any atom is -0.478 e. The van der Waals surface area contributed by atoms with Crippen molar-refractivity contribution in [3.63, 3.8) is 0 Å². The number of benzene rings is 3. The summed E-state index contributed by atoms with van der Waals surface area (Å²) < 4.78 is 61.5. The molecule has 0 bridgehead atoms. The first-order valence-electron chi connectivity index (χ1n) is 21.9. The molecule has 9 N–H and O–H groups in total. The number of carboxylic acids is 1. The highest BCUT2D eigenvalue weighted by Gasteiger charge is 2.47. The summed E-state index contributed by atoms with van der Waals surface area (Å²) in [6.07, 6.45) is -0.298. The van der Waals surface area contributed by atoms with Gasteiger partial charge in [-0.25, -0.2) is 27.9 Å².